The quantitative estimate of drug-likeness (QED) is 0.848. The van der Waals surface area contributed by atoms with Crippen LogP contribution < -0.4 is 15.5 Å². The number of rotatable bonds is 4. The van der Waals surface area contributed by atoms with Gasteiger partial charge < -0.3 is 20.4 Å². The Morgan fingerprint density at radius 2 is 1.70 bits per heavy atom. The third-order valence-corrected chi connectivity index (χ3v) is 4.25. The van der Waals surface area contributed by atoms with E-state index in [-0.39, 0.29) is 17.8 Å². The molecule has 1 atom stereocenters. The van der Waals surface area contributed by atoms with Crippen molar-refractivity contribution < 1.29 is 14.0 Å². The van der Waals surface area contributed by atoms with Gasteiger partial charge in [0.1, 0.15) is 11.9 Å². The van der Waals surface area contributed by atoms with E-state index >= 15 is 0 Å². The van der Waals surface area contributed by atoms with Crippen molar-refractivity contribution in [1.29, 1.82) is 0 Å². The minimum Gasteiger partial charge on any atom is -0.337 e. The molecule has 27 heavy (non-hydrogen) atoms. The first-order valence-electron chi connectivity index (χ1n) is 8.67. The van der Waals surface area contributed by atoms with Crippen LogP contribution in [0.5, 0.6) is 0 Å². The summed E-state index contributed by atoms with van der Waals surface area (Å²) in [4.78, 5) is 36.7. The highest BCUT2D eigenvalue weighted by Crippen LogP contribution is 2.11. The van der Waals surface area contributed by atoms with Gasteiger partial charge in [-0.05, 0) is 37.3 Å². The van der Waals surface area contributed by atoms with Gasteiger partial charge in [-0.25, -0.2) is 19.2 Å². The van der Waals surface area contributed by atoms with Crippen molar-refractivity contribution >= 4 is 23.6 Å². The number of anilines is 2. The molecule has 3 rings (SSSR count). The van der Waals surface area contributed by atoms with Crippen molar-refractivity contribution in [2.24, 2.45) is 0 Å². The van der Waals surface area contributed by atoms with Gasteiger partial charge in [0.05, 0.1) is 0 Å². The smallest absolute Gasteiger partial charge is 0.318 e. The van der Waals surface area contributed by atoms with Crippen molar-refractivity contribution in [3.05, 3.63) is 48.5 Å². The lowest BCUT2D eigenvalue weighted by Crippen LogP contribution is -2.55. The van der Waals surface area contributed by atoms with Gasteiger partial charge in [-0.3, -0.25) is 4.79 Å². The van der Waals surface area contributed by atoms with E-state index in [1.54, 1.807) is 30.3 Å². The Bertz CT molecular complexity index is 778. The molecule has 0 spiro atoms. The Morgan fingerprint density at radius 1 is 1.07 bits per heavy atom. The molecule has 8 nitrogen and oxygen atoms in total. The second-order valence-corrected chi connectivity index (χ2v) is 6.19. The Labute approximate surface area is 156 Å². The van der Waals surface area contributed by atoms with Crippen molar-refractivity contribution in [2.45, 2.75) is 13.0 Å². The normalized spacial score (nSPS) is 15.2. The third-order valence-electron chi connectivity index (χ3n) is 4.25. The lowest BCUT2D eigenvalue weighted by atomic mass is 10.2. The summed E-state index contributed by atoms with van der Waals surface area (Å²) in [6.45, 7) is 3.86. The number of urea groups is 1. The van der Waals surface area contributed by atoms with Crippen LogP contribution in [0.3, 0.4) is 0 Å². The molecule has 1 saturated heterocycles. The molecule has 142 valence electrons. The number of piperazine rings is 1. The number of carbonyl (C=O) groups is 2. The zero-order chi connectivity index (χ0) is 19.2. The minimum atomic E-state index is -0.724. The van der Waals surface area contributed by atoms with Gasteiger partial charge in [-0.1, -0.05) is 0 Å². The molecule has 1 fully saturated rings. The largest absolute Gasteiger partial charge is 0.337 e. The highest BCUT2D eigenvalue weighted by Gasteiger charge is 2.24. The van der Waals surface area contributed by atoms with Crippen LogP contribution in [-0.4, -0.2) is 59.0 Å². The molecule has 1 aliphatic heterocycles. The van der Waals surface area contributed by atoms with E-state index in [0.717, 1.165) is 0 Å². The van der Waals surface area contributed by atoms with Crippen LogP contribution >= 0.6 is 0 Å². The van der Waals surface area contributed by atoms with Crippen LogP contribution in [0.1, 0.15) is 6.92 Å². The molecule has 1 aromatic heterocycles. The first-order chi connectivity index (χ1) is 13.0. The van der Waals surface area contributed by atoms with Gasteiger partial charge in [0.25, 0.3) is 0 Å². The standard InChI is InChI=1S/C18H21FN6O2/c1-13(16(26)23-15-5-3-14(19)4-6-15)22-18(27)25-11-9-24(10-12-25)17-20-7-2-8-21-17/h2-8,13H,9-12H2,1H3,(H,22,27)(H,23,26)/t13-/m1/s1. The highest BCUT2D eigenvalue weighted by molar-refractivity contribution is 5.96. The number of nitrogens with zero attached hydrogens (tertiary/aromatic N) is 4. The Hall–Kier alpha value is -3.23. The van der Waals surface area contributed by atoms with E-state index in [9.17, 15) is 14.0 Å². The molecule has 2 heterocycles. The van der Waals surface area contributed by atoms with Crippen LogP contribution in [0.25, 0.3) is 0 Å². The summed E-state index contributed by atoms with van der Waals surface area (Å²) in [6, 6.07) is 6.18. The molecule has 1 aromatic carbocycles. The average Bonchev–Trinajstić information content (AvgIpc) is 2.70. The third kappa shape index (κ3) is 4.90. The molecule has 2 N–H and O–H groups in total. The maximum Gasteiger partial charge on any atom is 0.318 e. The molecule has 9 heteroatoms. The Morgan fingerprint density at radius 3 is 2.33 bits per heavy atom. The fraction of sp³-hybridized carbons (Fsp3) is 0.333. The number of aromatic nitrogens is 2. The molecule has 3 amide bonds. The van der Waals surface area contributed by atoms with E-state index in [4.69, 9.17) is 0 Å². The number of nitrogens with one attached hydrogen (secondary N) is 2. The second kappa shape index (κ2) is 8.43. The van der Waals surface area contributed by atoms with Gasteiger partial charge in [0, 0.05) is 44.3 Å². The van der Waals surface area contributed by atoms with Crippen LogP contribution in [0.15, 0.2) is 42.7 Å². The first-order valence-corrected chi connectivity index (χ1v) is 8.67. The summed E-state index contributed by atoms with van der Waals surface area (Å²) in [5, 5.41) is 5.33. The fourth-order valence-electron chi connectivity index (χ4n) is 2.69. The fourth-order valence-corrected chi connectivity index (χ4v) is 2.69. The van der Waals surface area contributed by atoms with E-state index in [2.05, 4.69) is 20.6 Å². The average molecular weight is 372 g/mol. The SMILES string of the molecule is C[C@@H](NC(=O)N1CCN(c2ncccn2)CC1)C(=O)Nc1ccc(F)cc1. The molecule has 0 aliphatic carbocycles. The Balaban J connectivity index is 1.47. The van der Waals surface area contributed by atoms with Crippen molar-refractivity contribution in [3.63, 3.8) is 0 Å². The molecule has 1 aliphatic rings. The van der Waals surface area contributed by atoms with Crippen LogP contribution in [0.2, 0.25) is 0 Å². The molecule has 0 bridgehead atoms. The Kier molecular flexibility index (Phi) is 5.80. The predicted octanol–water partition coefficient (Wildman–Crippen LogP) is 1.47. The lowest BCUT2D eigenvalue weighted by molar-refractivity contribution is -0.117. The summed E-state index contributed by atoms with van der Waals surface area (Å²) in [7, 11) is 0. The maximum atomic E-state index is 12.9. The number of benzene rings is 1. The number of hydrogen-bond acceptors (Lipinski definition) is 5. The molecule has 0 saturated carbocycles. The van der Waals surface area contributed by atoms with Gasteiger partial charge in [-0.2, -0.15) is 0 Å². The van der Waals surface area contributed by atoms with Gasteiger partial charge >= 0.3 is 6.03 Å². The summed E-state index contributed by atoms with van der Waals surface area (Å²) < 4.78 is 12.9. The topological polar surface area (TPSA) is 90.5 Å². The van der Waals surface area contributed by atoms with Crippen LogP contribution in [-0.2, 0) is 4.79 Å². The monoisotopic (exact) mass is 372 g/mol. The number of hydrogen-bond donors (Lipinski definition) is 2. The summed E-state index contributed by atoms with van der Waals surface area (Å²) in [6.07, 6.45) is 3.37. The van der Waals surface area contributed by atoms with Crippen molar-refractivity contribution in [3.8, 4) is 0 Å². The van der Waals surface area contributed by atoms with E-state index in [1.807, 2.05) is 4.90 Å². The summed E-state index contributed by atoms with van der Waals surface area (Å²) in [5.74, 6) is -0.106. The van der Waals surface area contributed by atoms with Crippen LogP contribution in [0.4, 0.5) is 20.8 Å². The molecular formula is C18H21FN6O2. The van der Waals surface area contributed by atoms with E-state index < -0.39 is 6.04 Å². The first kappa shape index (κ1) is 18.6. The van der Waals surface area contributed by atoms with E-state index in [0.29, 0.717) is 37.8 Å². The summed E-state index contributed by atoms with van der Waals surface area (Å²) >= 11 is 0. The zero-order valence-electron chi connectivity index (χ0n) is 14.9. The zero-order valence-corrected chi connectivity index (χ0v) is 14.9. The lowest BCUT2D eigenvalue weighted by Gasteiger charge is -2.35. The van der Waals surface area contributed by atoms with Crippen LogP contribution in [0, 0.1) is 5.82 Å². The van der Waals surface area contributed by atoms with Crippen molar-refractivity contribution in [1.82, 2.24) is 20.2 Å². The van der Waals surface area contributed by atoms with Gasteiger partial charge in [0.15, 0.2) is 0 Å². The predicted molar refractivity (Wildman–Crippen MR) is 98.8 cm³/mol. The van der Waals surface area contributed by atoms with E-state index in [1.165, 1.54) is 24.3 Å². The molecule has 0 unspecified atom stereocenters. The number of carbonyl (C=O) groups excluding carboxylic acids is 2. The number of amides is 3. The van der Waals surface area contributed by atoms with Gasteiger partial charge in [-0.15, -0.1) is 0 Å². The molecular weight excluding hydrogens is 351 g/mol. The highest BCUT2D eigenvalue weighted by atomic mass is 19.1. The van der Waals surface area contributed by atoms with Gasteiger partial charge in [0.2, 0.25) is 11.9 Å². The van der Waals surface area contributed by atoms with Crippen molar-refractivity contribution in [2.75, 3.05) is 36.4 Å². The second-order valence-electron chi connectivity index (χ2n) is 6.19. The maximum absolute atomic E-state index is 12.9. The molecule has 2 aromatic rings. The molecule has 0 radical (unpaired) electrons. The number of halogens is 1. The summed E-state index contributed by atoms with van der Waals surface area (Å²) in [5.41, 5.74) is 0.471. The minimum absolute atomic E-state index is 0.301.